The molecule has 0 saturated heterocycles. The van der Waals surface area contributed by atoms with Crippen LogP contribution in [-0.4, -0.2) is 65.9 Å². The Hall–Kier alpha value is -0.690. The van der Waals surface area contributed by atoms with Crippen molar-refractivity contribution in [2.45, 2.75) is 26.7 Å². The molecule has 0 bridgehead atoms. The Morgan fingerprint density at radius 2 is 1.33 bits per heavy atom. The SMILES string of the molecule is CCC(C)COCCOCCOCCOCCC(=O)OC. The Morgan fingerprint density at radius 3 is 1.81 bits per heavy atom. The highest BCUT2D eigenvalue weighted by molar-refractivity contribution is 5.69. The molecule has 0 aromatic rings. The van der Waals surface area contributed by atoms with Gasteiger partial charge in [0.1, 0.15) is 0 Å². The number of carbonyl (C=O) groups is 1. The van der Waals surface area contributed by atoms with Crippen LogP contribution in [0.5, 0.6) is 0 Å². The summed E-state index contributed by atoms with van der Waals surface area (Å²) in [7, 11) is 1.36. The Morgan fingerprint density at radius 1 is 0.857 bits per heavy atom. The second-order valence-corrected chi connectivity index (χ2v) is 4.75. The molecule has 0 heterocycles. The fraction of sp³-hybridized carbons (Fsp3) is 0.933. The number of esters is 1. The van der Waals surface area contributed by atoms with Crippen molar-refractivity contribution in [2.75, 3.05) is 60.0 Å². The number of ether oxygens (including phenoxy) is 5. The van der Waals surface area contributed by atoms with Crippen molar-refractivity contribution in [1.82, 2.24) is 0 Å². The van der Waals surface area contributed by atoms with Crippen LogP contribution in [0.25, 0.3) is 0 Å². The zero-order valence-corrected chi connectivity index (χ0v) is 13.6. The van der Waals surface area contributed by atoms with E-state index in [4.69, 9.17) is 18.9 Å². The van der Waals surface area contributed by atoms with Crippen LogP contribution in [0.3, 0.4) is 0 Å². The fourth-order valence-corrected chi connectivity index (χ4v) is 1.32. The van der Waals surface area contributed by atoms with Crippen molar-refractivity contribution in [3.8, 4) is 0 Å². The summed E-state index contributed by atoms with van der Waals surface area (Å²) >= 11 is 0. The van der Waals surface area contributed by atoms with Gasteiger partial charge in [0.2, 0.25) is 0 Å². The molecule has 0 aliphatic rings. The fourth-order valence-electron chi connectivity index (χ4n) is 1.32. The predicted molar refractivity (Wildman–Crippen MR) is 79.4 cm³/mol. The smallest absolute Gasteiger partial charge is 0.307 e. The number of methoxy groups -OCH3 is 1. The summed E-state index contributed by atoms with van der Waals surface area (Å²) in [6, 6.07) is 0. The van der Waals surface area contributed by atoms with Crippen LogP contribution in [0, 0.1) is 5.92 Å². The van der Waals surface area contributed by atoms with Crippen molar-refractivity contribution in [1.29, 1.82) is 0 Å². The summed E-state index contributed by atoms with van der Waals surface area (Å²) in [6.07, 6.45) is 1.41. The minimum absolute atomic E-state index is 0.264. The van der Waals surface area contributed by atoms with E-state index in [1.165, 1.54) is 7.11 Å². The third-order valence-electron chi connectivity index (χ3n) is 2.89. The summed E-state index contributed by atoms with van der Waals surface area (Å²) in [6.45, 7) is 8.74. The molecule has 0 rings (SSSR count). The molecule has 21 heavy (non-hydrogen) atoms. The quantitative estimate of drug-likeness (QED) is 0.339. The number of hydrogen-bond donors (Lipinski definition) is 0. The van der Waals surface area contributed by atoms with E-state index in [0.717, 1.165) is 13.0 Å². The van der Waals surface area contributed by atoms with Crippen LogP contribution in [0.15, 0.2) is 0 Å². The van der Waals surface area contributed by atoms with Crippen LogP contribution in [-0.2, 0) is 28.5 Å². The summed E-state index contributed by atoms with van der Waals surface area (Å²) in [5, 5.41) is 0. The van der Waals surface area contributed by atoms with E-state index in [1.54, 1.807) is 0 Å². The number of rotatable bonds is 15. The maximum absolute atomic E-state index is 10.8. The normalized spacial score (nSPS) is 12.3. The Balaban J connectivity index is 3.04. The van der Waals surface area contributed by atoms with Crippen molar-refractivity contribution in [3.63, 3.8) is 0 Å². The van der Waals surface area contributed by atoms with Crippen molar-refractivity contribution in [3.05, 3.63) is 0 Å². The van der Waals surface area contributed by atoms with E-state index >= 15 is 0 Å². The van der Waals surface area contributed by atoms with Gasteiger partial charge in [0.15, 0.2) is 0 Å². The maximum atomic E-state index is 10.8. The van der Waals surface area contributed by atoms with Gasteiger partial charge in [-0.2, -0.15) is 0 Å². The average molecular weight is 306 g/mol. The van der Waals surface area contributed by atoms with Crippen molar-refractivity contribution < 1.29 is 28.5 Å². The predicted octanol–water partition coefficient (Wildman–Crippen LogP) is 1.66. The van der Waals surface area contributed by atoms with Crippen LogP contribution in [0.1, 0.15) is 26.7 Å². The lowest BCUT2D eigenvalue weighted by atomic mass is 10.1. The Kier molecular flexibility index (Phi) is 15.2. The largest absolute Gasteiger partial charge is 0.469 e. The third kappa shape index (κ3) is 15.5. The van der Waals surface area contributed by atoms with Gasteiger partial charge in [-0.15, -0.1) is 0 Å². The lowest BCUT2D eigenvalue weighted by molar-refractivity contribution is -0.141. The molecule has 1 atom stereocenters. The second-order valence-electron chi connectivity index (χ2n) is 4.75. The molecule has 0 saturated carbocycles. The summed E-state index contributed by atoms with van der Waals surface area (Å²) in [5.41, 5.74) is 0. The molecule has 0 aliphatic heterocycles. The van der Waals surface area contributed by atoms with Gasteiger partial charge in [-0.25, -0.2) is 0 Å². The second kappa shape index (κ2) is 15.7. The number of carbonyl (C=O) groups excluding carboxylic acids is 1. The molecule has 0 N–H and O–H groups in total. The van der Waals surface area contributed by atoms with Crippen LogP contribution < -0.4 is 0 Å². The van der Waals surface area contributed by atoms with Gasteiger partial charge >= 0.3 is 5.97 Å². The highest BCUT2D eigenvalue weighted by atomic mass is 16.6. The first-order valence-electron chi connectivity index (χ1n) is 7.58. The molecule has 0 aromatic heterocycles. The van der Waals surface area contributed by atoms with Gasteiger partial charge < -0.3 is 23.7 Å². The monoisotopic (exact) mass is 306 g/mol. The zero-order chi connectivity index (χ0) is 15.8. The van der Waals surface area contributed by atoms with Crippen molar-refractivity contribution >= 4 is 5.97 Å². The maximum Gasteiger partial charge on any atom is 0.307 e. The third-order valence-corrected chi connectivity index (χ3v) is 2.89. The molecular weight excluding hydrogens is 276 g/mol. The first-order valence-corrected chi connectivity index (χ1v) is 7.58. The van der Waals surface area contributed by atoms with E-state index < -0.39 is 0 Å². The van der Waals surface area contributed by atoms with Gasteiger partial charge in [0, 0.05) is 6.61 Å². The van der Waals surface area contributed by atoms with E-state index in [1.807, 2.05) is 0 Å². The summed E-state index contributed by atoms with van der Waals surface area (Å²) < 4.78 is 25.9. The molecule has 0 radical (unpaired) electrons. The highest BCUT2D eigenvalue weighted by Gasteiger charge is 1.99. The van der Waals surface area contributed by atoms with E-state index in [9.17, 15) is 4.79 Å². The highest BCUT2D eigenvalue weighted by Crippen LogP contribution is 1.99. The van der Waals surface area contributed by atoms with Gasteiger partial charge in [-0.05, 0) is 5.92 Å². The molecule has 6 nitrogen and oxygen atoms in total. The topological polar surface area (TPSA) is 63.2 Å². The van der Waals surface area contributed by atoms with Gasteiger partial charge in [-0.3, -0.25) is 4.79 Å². The van der Waals surface area contributed by atoms with E-state index in [0.29, 0.717) is 52.2 Å². The lowest BCUT2D eigenvalue weighted by Crippen LogP contribution is -2.14. The summed E-state index contributed by atoms with van der Waals surface area (Å²) in [4.78, 5) is 10.8. The van der Waals surface area contributed by atoms with E-state index in [-0.39, 0.29) is 12.4 Å². The molecular formula is C15H30O6. The molecule has 0 amide bonds. The first kappa shape index (κ1) is 20.3. The standard InChI is InChI=1S/C15H30O6/c1-4-14(2)13-21-12-11-20-10-9-19-8-7-18-6-5-15(16)17-3/h14H,4-13H2,1-3H3. The Labute approximate surface area is 128 Å². The van der Waals surface area contributed by atoms with Crippen LogP contribution >= 0.6 is 0 Å². The summed E-state index contributed by atoms with van der Waals surface area (Å²) in [5.74, 6) is 0.340. The minimum atomic E-state index is -0.264. The van der Waals surface area contributed by atoms with Gasteiger partial charge in [0.25, 0.3) is 0 Å². The first-order chi connectivity index (χ1) is 10.2. The molecule has 0 fully saturated rings. The van der Waals surface area contributed by atoms with Crippen LogP contribution in [0.2, 0.25) is 0 Å². The number of hydrogen-bond acceptors (Lipinski definition) is 6. The molecule has 0 aliphatic carbocycles. The molecule has 0 spiro atoms. The molecule has 6 heteroatoms. The van der Waals surface area contributed by atoms with Gasteiger partial charge in [-0.1, -0.05) is 20.3 Å². The van der Waals surface area contributed by atoms with Gasteiger partial charge in [0.05, 0.1) is 59.8 Å². The van der Waals surface area contributed by atoms with Crippen LogP contribution in [0.4, 0.5) is 0 Å². The molecule has 0 aromatic carbocycles. The van der Waals surface area contributed by atoms with E-state index in [2.05, 4.69) is 18.6 Å². The molecule has 1 unspecified atom stereocenters. The molecule has 126 valence electrons. The lowest BCUT2D eigenvalue weighted by Gasteiger charge is -2.10. The Bertz CT molecular complexity index is 234. The van der Waals surface area contributed by atoms with Crippen molar-refractivity contribution in [2.24, 2.45) is 5.92 Å². The minimum Gasteiger partial charge on any atom is -0.469 e. The zero-order valence-electron chi connectivity index (χ0n) is 13.6. The average Bonchev–Trinajstić information content (AvgIpc) is 2.51.